The van der Waals surface area contributed by atoms with Crippen molar-refractivity contribution in [1.29, 1.82) is 0 Å². The molecule has 312 valence electrons. The largest absolute Gasteiger partial charge is 0.455 e. The Labute approximate surface area is 378 Å². The Kier molecular flexibility index (Phi) is 8.74. The molecule has 7 aromatic carbocycles. The number of hydrogen-bond acceptors (Lipinski definition) is 4. The van der Waals surface area contributed by atoms with E-state index >= 15 is 0 Å². The Morgan fingerprint density at radius 3 is 1.97 bits per heavy atom. The lowest BCUT2D eigenvalue weighted by Crippen LogP contribution is -2.07. The molecule has 14 rings (SSSR count). The summed E-state index contributed by atoms with van der Waals surface area (Å²) in [5, 5.41) is 4.59. The summed E-state index contributed by atoms with van der Waals surface area (Å²) in [7, 11) is 0. The average Bonchev–Trinajstić information content (AvgIpc) is 4.27. The summed E-state index contributed by atoms with van der Waals surface area (Å²) in [4.78, 5) is 16.0. The van der Waals surface area contributed by atoms with E-state index in [1.54, 1.807) is 0 Å². The van der Waals surface area contributed by atoms with Crippen LogP contribution in [0.1, 0.15) is 55.7 Å². The highest BCUT2D eigenvalue weighted by atomic mass is 16.3. The van der Waals surface area contributed by atoms with Crippen LogP contribution in [0.3, 0.4) is 0 Å². The summed E-state index contributed by atoms with van der Waals surface area (Å²) >= 11 is 0. The lowest BCUT2D eigenvalue weighted by molar-refractivity contribution is 0.669. The first-order chi connectivity index (χ1) is 32.1. The zero-order valence-corrected chi connectivity index (χ0v) is 36.4. The summed E-state index contributed by atoms with van der Waals surface area (Å²) in [5.74, 6) is 4.35. The zero-order chi connectivity index (χ0) is 43.2. The Balaban J connectivity index is 0.00000138. The second kappa shape index (κ2) is 15.0. The summed E-state index contributed by atoms with van der Waals surface area (Å²) < 4.78 is 9.16. The quantitative estimate of drug-likeness (QED) is 0.167. The van der Waals surface area contributed by atoms with Crippen molar-refractivity contribution >= 4 is 55.4 Å². The Morgan fingerprint density at radius 1 is 0.554 bits per heavy atom. The number of rotatable bonds is 6. The van der Waals surface area contributed by atoms with Crippen LogP contribution < -0.4 is 0 Å². The topological polar surface area (TPSA) is 56.7 Å². The third-order valence-corrected chi connectivity index (χ3v) is 13.8. The van der Waals surface area contributed by atoms with E-state index in [1.165, 1.54) is 52.5 Å². The molecule has 3 heterocycles. The van der Waals surface area contributed by atoms with Crippen LogP contribution in [0.5, 0.6) is 0 Å². The zero-order valence-electron chi connectivity index (χ0n) is 36.4. The van der Waals surface area contributed by atoms with Crippen LogP contribution in [0.4, 0.5) is 0 Å². The monoisotopic (exact) mass is 838 g/mol. The number of fused-ring (bicyclic) bond motifs is 10. The van der Waals surface area contributed by atoms with Crippen molar-refractivity contribution in [2.24, 2.45) is 17.8 Å². The number of nitrogens with zero attached hydrogens (tertiary/aromatic N) is 4. The van der Waals surface area contributed by atoms with Crippen LogP contribution in [0.25, 0.3) is 106 Å². The first kappa shape index (κ1) is 37.9. The number of para-hydroxylation sites is 3. The van der Waals surface area contributed by atoms with Crippen LogP contribution in [0.15, 0.2) is 180 Å². The minimum absolute atomic E-state index is 0.529. The first-order valence-electron chi connectivity index (χ1n) is 23.2. The normalized spacial score (nSPS) is 18.8. The molecule has 2 fully saturated rings. The van der Waals surface area contributed by atoms with Crippen molar-refractivity contribution in [2.45, 2.75) is 39.0 Å². The van der Waals surface area contributed by atoms with E-state index < -0.39 is 0 Å². The van der Waals surface area contributed by atoms with E-state index in [4.69, 9.17) is 19.4 Å². The van der Waals surface area contributed by atoms with Gasteiger partial charge in [-0.05, 0) is 88.1 Å². The van der Waals surface area contributed by atoms with Gasteiger partial charge in [-0.1, -0.05) is 184 Å². The van der Waals surface area contributed by atoms with E-state index in [0.717, 1.165) is 72.1 Å². The van der Waals surface area contributed by atoms with E-state index in [9.17, 15) is 0 Å². The molecular formula is C60H46N4O. The maximum Gasteiger partial charge on any atom is 0.238 e. The highest BCUT2D eigenvalue weighted by Crippen LogP contribution is 2.57. The molecule has 5 heteroatoms. The molecule has 0 spiro atoms. The van der Waals surface area contributed by atoms with Crippen LogP contribution in [-0.2, 0) is 0 Å². The van der Waals surface area contributed by atoms with Crippen molar-refractivity contribution in [3.8, 4) is 51.0 Å². The highest BCUT2D eigenvalue weighted by molar-refractivity contribution is 6.18. The Hall–Kier alpha value is -7.63. The molecule has 4 unspecified atom stereocenters. The predicted octanol–water partition coefficient (Wildman–Crippen LogP) is 15.7. The molecule has 0 aliphatic heterocycles. The van der Waals surface area contributed by atoms with E-state index in [0.29, 0.717) is 35.4 Å². The maximum atomic E-state index is 6.89. The molecule has 2 saturated carbocycles. The van der Waals surface area contributed by atoms with E-state index in [2.05, 4.69) is 200 Å². The lowest BCUT2D eigenvalue weighted by atomic mass is 9.87. The number of allylic oxidation sites excluding steroid dienone is 5. The van der Waals surface area contributed by atoms with Gasteiger partial charge in [0.05, 0.1) is 11.0 Å². The summed E-state index contributed by atoms with van der Waals surface area (Å²) in [6.45, 7) is 4.25. The van der Waals surface area contributed by atoms with Gasteiger partial charge in [-0.25, -0.2) is 4.98 Å². The minimum Gasteiger partial charge on any atom is -0.455 e. The highest BCUT2D eigenvalue weighted by Gasteiger charge is 2.41. The molecule has 3 aromatic heterocycles. The van der Waals surface area contributed by atoms with Crippen molar-refractivity contribution in [3.63, 3.8) is 0 Å². The lowest BCUT2D eigenvalue weighted by Gasteiger charge is -2.18. The van der Waals surface area contributed by atoms with Gasteiger partial charge < -0.3 is 4.42 Å². The van der Waals surface area contributed by atoms with E-state index in [-0.39, 0.29) is 0 Å². The molecule has 65 heavy (non-hydrogen) atoms. The Bertz CT molecular complexity index is 3610. The molecule has 0 saturated heterocycles. The molecule has 0 N–H and O–H groups in total. The summed E-state index contributed by atoms with van der Waals surface area (Å²) in [6.07, 6.45) is 15.5. The number of benzene rings is 7. The average molecular weight is 839 g/mol. The SMILES string of the molecule is C1=CC2CC2C=C1c1ccc(-c2nc(-c3ccc(-c4ccccc4)cc3)nc(-n3c4ccccc4c4cccc(-c5c6c(cc7c5oc5ccccc57)C5CC5C=C6)c43)n2)cc1.CCC. The van der Waals surface area contributed by atoms with Gasteiger partial charge in [-0.2, -0.15) is 9.97 Å². The molecule has 0 radical (unpaired) electrons. The fourth-order valence-corrected chi connectivity index (χ4v) is 10.4. The van der Waals surface area contributed by atoms with Crippen LogP contribution in [0, 0.1) is 17.8 Å². The second-order valence-corrected chi connectivity index (χ2v) is 18.2. The van der Waals surface area contributed by atoms with Gasteiger partial charge in [0, 0.05) is 43.8 Å². The van der Waals surface area contributed by atoms with Crippen LogP contribution >= 0.6 is 0 Å². The first-order valence-corrected chi connectivity index (χ1v) is 23.2. The van der Waals surface area contributed by atoms with Crippen molar-refractivity contribution in [1.82, 2.24) is 19.5 Å². The van der Waals surface area contributed by atoms with Gasteiger partial charge in [0.15, 0.2) is 11.6 Å². The number of aromatic nitrogens is 4. The van der Waals surface area contributed by atoms with E-state index in [1.807, 2.05) is 0 Å². The second-order valence-electron chi connectivity index (χ2n) is 18.2. The molecule has 5 nitrogen and oxygen atoms in total. The molecule has 4 atom stereocenters. The number of furan rings is 1. The number of hydrogen-bond donors (Lipinski definition) is 0. The minimum atomic E-state index is 0.529. The van der Waals surface area contributed by atoms with Gasteiger partial charge in [-0.15, -0.1) is 0 Å². The van der Waals surface area contributed by atoms with Crippen molar-refractivity contribution < 1.29 is 4.42 Å². The molecule has 4 aliphatic carbocycles. The van der Waals surface area contributed by atoms with Gasteiger partial charge in [0.2, 0.25) is 5.95 Å². The molecule has 10 aromatic rings. The van der Waals surface area contributed by atoms with Gasteiger partial charge in [0.1, 0.15) is 11.2 Å². The molecular weight excluding hydrogens is 793 g/mol. The standard InChI is InChI=1S/C57H38N4O.C3H8/c1-2-9-33(10-3-1)34-17-21-36(22-18-34)55-58-56(37-23-19-35(20-24-37)38-25-26-39-30-41(39)29-38)60-57(59-55)61-50-15-6-4-11-42(50)45-13-8-14-46(53(45)61)52-44-28-27-40-31-47(40)48(44)32-49-43-12-5-7-16-51(43)62-54(49)52;1-3-2/h1-29,32,39-41,47H,30-31H2;3H2,1-2H3. The smallest absolute Gasteiger partial charge is 0.238 e. The molecule has 0 amide bonds. The van der Waals surface area contributed by atoms with Gasteiger partial charge in [-0.3, -0.25) is 4.57 Å². The maximum absolute atomic E-state index is 6.89. The van der Waals surface area contributed by atoms with Gasteiger partial charge >= 0.3 is 0 Å². The third kappa shape index (κ3) is 6.32. The van der Waals surface area contributed by atoms with Crippen molar-refractivity contribution in [3.05, 3.63) is 193 Å². The Morgan fingerprint density at radius 2 is 1.20 bits per heavy atom. The summed E-state index contributed by atoms with van der Waals surface area (Å²) in [6, 6.07) is 54.0. The van der Waals surface area contributed by atoms with Gasteiger partial charge in [0.25, 0.3) is 0 Å². The van der Waals surface area contributed by atoms with Crippen molar-refractivity contribution in [2.75, 3.05) is 0 Å². The fraction of sp³-hybridized carbons (Fsp3) is 0.150. The molecule has 4 aliphatic rings. The summed E-state index contributed by atoms with van der Waals surface area (Å²) in [5.41, 5.74) is 15.4. The third-order valence-electron chi connectivity index (χ3n) is 13.8. The van der Waals surface area contributed by atoms with Crippen LogP contribution in [0.2, 0.25) is 0 Å². The predicted molar refractivity (Wildman–Crippen MR) is 268 cm³/mol. The fourth-order valence-electron chi connectivity index (χ4n) is 10.4. The van der Waals surface area contributed by atoms with Crippen LogP contribution in [-0.4, -0.2) is 19.5 Å². The molecule has 0 bridgehead atoms.